The molecule has 0 bridgehead atoms. The zero-order valence-corrected chi connectivity index (χ0v) is 15.8. The molecule has 0 spiro atoms. The third-order valence-corrected chi connectivity index (χ3v) is 5.32. The molecule has 1 atom stereocenters. The summed E-state index contributed by atoms with van der Waals surface area (Å²) in [7, 11) is 1.62. The van der Waals surface area contributed by atoms with Gasteiger partial charge in [0.25, 0.3) is 5.91 Å². The minimum absolute atomic E-state index is 0.0205. The van der Waals surface area contributed by atoms with Crippen LogP contribution in [-0.4, -0.2) is 24.5 Å². The number of rotatable bonds is 3. The van der Waals surface area contributed by atoms with Crippen LogP contribution < -0.4 is 4.74 Å². The van der Waals surface area contributed by atoms with Crippen LogP contribution in [0.15, 0.2) is 72.8 Å². The summed E-state index contributed by atoms with van der Waals surface area (Å²) in [5.41, 5.74) is 4.19. The van der Waals surface area contributed by atoms with Crippen LogP contribution in [0.1, 0.15) is 33.1 Å². The number of fused-ring (bicyclic) bond motifs is 1. The van der Waals surface area contributed by atoms with Crippen LogP contribution in [0, 0.1) is 0 Å². The van der Waals surface area contributed by atoms with Crippen molar-refractivity contribution >= 4 is 17.5 Å². The summed E-state index contributed by atoms with van der Waals surface area (Å²) in [5.74, 6) is 0.761. The topological polar surface area (TPSA) is 29.5 Å². The molecule has 0 N–H and O–H groups in total. The van der Waals surface area contributed by atoms with Gasteiger partial charge < -0.3 is 9.64 Å². The fourth-order valence-corrected chi connectivity index (χ4v) is 3.82. The van der Waals surface area contributed by atoms with Gasteiger partial charge in [0.1, 0.15) is 5.75 Å². The molecule has 0 aliphatic carbocycles. The molecule has 3 nitrogen and oxygen atoms in total. The smallest absolute Gasteiger partial charge is 0.254 e. The third-order valence-electron chi connectivity index (χ3n) is 5.07. The Balaban J connectivity index is 1.75. The monoisotopic (exact) mass is 377 g/mol. The minimum atomic E-state index is -0.123. The van der Waals surface area contributed by atoms with Crippen molar-refractivity contribution in [1.82, 2.24) is 4.90 Å². The molecule has 0 fully saturated rings. The van der Waals surface area contributed by atoms with E-state index in [-0.39, 0.29) is 11.9 Å². The lowest BCUT2D eigenvalue weighted by molar-refractivity contribution is 0.0694. The van der Waals surface area contributed by atoms with Crippen LogP contribution in [0.5, 0.6) is 5.75 Å². The summed E-state index contributed by atoms with van der Waals surface area (Å²) in [6.45, 7) is 0.676. The molecule has 27 heavy (non-hydrogen) atoms. The van der Waals surface area contributed by atoms with Crippen molar-refractivity contribution in [3.63, 3.8) is 0 Å². The van der Waals surface area contributed by atoms with E-state index in [4.69, 9.17) is 16.3 Å². The van der Waals surface area contributed by atoms with Gasteiger partial charge in [-0.1, -0.05) is 48.0 Å². The van der Waals surface area contributed by atoms with Gasteiger partial charge in [-0.2, -0.15) is 0 Å². The second kappa shape index (κ2) is 7.45. The SMILES string of the molecule is COc1ccc(C(=O)N2CCc3ccccc3C2c2ccc(Cl)cc2)cc1. The Morgan fingerprint density at radius 2 is 1.70 bits per heavy atom. The maximum atomic E-state index is 13.3. The summed E-state index contributed by atoms with van der Waals surface area (Å²) >= 11 is 6.08. The van der Waals surface area contributed by atoms with E-state index in [1.54, 1.807) is 7.11 Å². The highest BCUT2D eigenvalue weighted by Gasteiger charge is 2.32. The van der Waals surface area contributed by atoms with E-state index in [0.29, 0.717) is 17.1 Å². The second-order valence-electron chi connectivity index (χ2n) is 6.63. The summed E-state index contributed by atoms with van der Waals surface area (Å²) < 4.78 is 5.21. The van der Waals surface area contributed by atoms with Gasteiger partial charge in [0.05, 0.1) is 13.2 Å². The van der Waals surface area contributed by atoms with Gasteiger partial charge in [-0.3, -0.25) is 4.79 Å². The molecule has 3 aromatic rings. The predicted molar refractivity (Wildman–Crippen MR) is 107 cm³/mol. The van der Waals surface area contributed by atoms with Gasteiger partial charge in [-0.15, -0.1) is 0 Å². The van der Waals surface area contributed by atoms with Gasteiger partial charge in [-0.25, -0.2) is 0 Å². The number of carbonyl (C=O) groups excluding carboxylic acids is 1. The summed E-state index contributed by atoms with van der Waals surface area (Å²) in [6.07, 6.45) is 0.849. The van der Waals surface area contributed by atoms with Crippen LogP contribution in [0.3, 0.4) is 0 Å². The van der Waals surface area contributed by atoms with Crippen molar-refractivity contribution in [2.75, 3.05) is 13.7 Å². The fourth-order valence-electron chi connectivity index (χ4n) is 3.69. The first-order chi connectivity index (χ1) is 13.2. The quantitative estimate of drug-likeness (QED) is 0.632. The van der Waals surface area contributed by atoms with Crippen molar-refractivity contribution in [1.29, 1.82) is 0 Å². The molecule has 4 heteroatoms. The van der Waals surface area contributed by atoms with Crippen LogP contribution in [0.2, 0.25) is 5.02 Å². The van der Waals surface area contributed by atoms with Crippen molar-refractivity contribution in [3.05, 3.63) is 100 Å². The minimum Gasteiger partial charge on any atom is -0.497 e. The maximum Gasteiger partial charge on any atom is 0.254 e. The van der Waals surface area contributed by atoms with Gasteiger partial charge in [0.2, 0.25) is 0 Å². The number of nitrogens with zero attached hydrogens (tertiary/aromatic N) is 1. The molecule has 3 aromatic carbocycles. The molecule has 0 saturated carbocycles. The number of halogens is 1. The fraction of sp³-hybridized carbons (Fsp3) is 0.174. The molecule has 1 aliphatic heterocycles. The zero-order chi connectivity index (χ0) is 18.8. The van der Waals surface area contributed by atoms with E-state index in [1.807, 2.05) is 59.5 Å². The standard InChI is InChI=1S/C23H20ClNO2/c1-27-20-12-8-18(9-13-20)23(26)25-15-14-16-4-2-3-5-21(16)22(25)17-6-10-19(24)11-7-17/h2-13,22H,14-15H2,1H3. The van der Waals surface area contributed by atoms with Crippen LogP contribution in [-0.2, 0) is 6.42 Å². The van der Waals surface area contributed by atoms with Crippen molar-refractivity contribution < 1.29 is 9.53 Å². The normalized spacial score (nSPS) is 15.9. The summed E-state index contributed by atoms with van der Waals surface area (Å²) in [4.78, 5) is 15.3. The third kappa shape index (κ3) is 3.43. The number of benzene rings is 3. The maximum absolute atomic E-state index is 13.3. The molecule has 0 radical (unpaired) electrons. The Morgan fingerprint density at radius 3 is 2.41 bits per heavy atom. The molecular formula is C23H20ClNO2. The first kappa shape index (κ1) is 17.6. The van der Waals surface area contributed by atoms with E-state index in [2.05, 4.69) is 18.2 Å². The first-order valence-corrected chi connectivity index (χ1v) is 9.33. The number of ether oxygens (including phenoxy) is 1. The molecule has 1 aliphatic rings. The number of methoxy groups -OCH3 is 1. The molecule has 136 valence electrons. The number of carbonyl (C=O) groups is 1. The Bertz CT molecular complexity index is 951. The lowest BCUT2D eigenvalue weighted by Crippen LogP contribution is -2.40. The molecular weight excluding hydrogens is 358 g/mol. The highest BCUT2D eigenvalue weighted by molar-refractivity contribution is 6.30. The average Bonchev–Trinajstić information content (AvgIpc) is 2.73. The van der Waals surface area contributed by atoms with E-state index in [0.717, 1.165) is 17.7 Å². The first-order valence-electron chi connectivity index (χ1n) is 8.95. The second-order valence-corrected chi connectivity index (χ2v) is 7.07. The number of hydrogen-bond donors (Lipinski definition) is 0. The van der Waals surface area contributed by atoms with E-state index in [1.165, 1.54) is 11.1 Å². The predicted octanol–water partition coefficient (Wildman–Crippen LogP) is 5.14. The van der Waals surface area contributed by atoms with E-state index in [9.17, 15) is 4.79 Å². The van der Waals surface area contributed by atoms with Gasteiger partial charge in [-0.05, 0) is 59.5 Å². The Kier molecular flexibility index (Phi) is 4.87. The highest BCUT2D eigenvalue weighted by atomic mass is 35.5. The Hall–Kier alpha value is -2.78. The van der Waals surface area contributed by atoms with Gasteiger partial charge in [0.15, 0.2) is 0 Å². The summed E-state index contributed by atoms with van der Waals surface area (Å²) in [6, 6.07) is 23.3. The lowest BCUT2D eigenvalue weighted by Gasteiger charge is -2.38. The van der Waals surface area contributed by atoms with Crippen LogP contribution in [0.4, 0.5) is 0 Å². The molecule has 0 saturated heterocycles. The lowest BCUT2D eigenvalue weighted by atomic mass is 9.87. The summed E-state index contributed by atoms with van der Waals surface area (Å²) in [5, 5.41) is 0.691. The molecule has 4 rings (SSSR count). The largest absolute Gasteiger partial charge is 0.497 e. The van der Waals surface area contributed by atoms with E-state index >= 15 is 0 Å². The molecule has 1 amide bonds. The Morgan fingerprint density at radius 1 is 1.00 bits per heavy atom. The molecule has 1 heterocycles. The number of hydrogen-bond acceptors (Lipinski definition) is 2. The highest BCUT2D eigenvalue weighted by Crippen LogP contribution is 2.36. The number of amides is 1. The average molecular weight is 378 g/mol. The van der Waals surface area contributed by atoms with Gasteiger partial charge >= 0.3 is 0 Å². The van der Waals surface area contributed by atoms with Gasteiger partial charge in [0, 0.05) is 17.1 Å². The zero-order valence-electron chi connectivity index (χ0n) is 15.1. The molecule has 0 aromatic heterocycles. The van der Waals surface area contributed by atoms with Crippen molar-refractivity contribution in [2.24, 2.45) is 0 Å². The Labute approximate surface area is 164 Å². The van der Waals surface area contributed by atoms with Crippen LogP contribution in [0.25, 0.3) is 0 Å². The van der Waals surface area contributed by atoms with Crippen LogP contribution >= 0.6 is 11.6 Å². The van der Waals surface area contributed by atoms with Crippen molar-refractivity contribution in [3.8, 4) is 5.75 Å². The van der Waals surface area contributed by atoms with E-state index < -0.39 is 0 Å². The van der Waals surface area contributed by atoms with Crippen molar-refractivity contribution in [2.45, 2.75) is 12.5 Å². The molecule has 1 unspecified atom stereocenters.